The maximum absolute atomic E-state index is 9.95. The Hall–Kier alpha value is -1.64. The zero-order chi connectivity index (χ0) is 19.1. The number of hydrogen-bond acceptors (Lipinski definition) is 6. The summed E-state index contributed by atoms with van der Waals surface area (Å²) in [5, 5.41) is 27.3. The van der Waals surface area contributed by atoms with Gasteiger partial charge in [-0.1, -0.05) is 6.07 Å². The molecule has 1 aliphatic rings. The van der Waals surface area contributed by atoms with Crippen molar-refractivity contribution < 1.29 is 24.8 Å². The summed E-state index contributed by atoms with van der Waals surface area (Å²) in [5.74, 6) is 0.748. The third-order valence-corrected chi connectivity index (χ3v) is 4.38. The number of aromatic amines is 1. The lowest BCUT2D eigenvalue weighted by Gasteiger charge is -2.32. The minimum absolute atomic E-state index is 0.112. The van der Waals surface area contributed by atoms with Gasteiger partial charge < -0.3 is 34.7 Å². The topological polar surface area (TPSA) is 98.2 Å². The van der Waals surface area contributed by atoms with Gasteiger partial charge in [0, 0.05) is 43.6 Å². The number of aliphatic hydroxyl groups is 3. The minimum Gasteiger partial charge on any atom is -0.464 e. The van der Waals surface area contributed by atoms with Gasteiger partial charge in [-0.2, -0.15) is 0 Å². The van der Waals surface area contributed by atoms with Crippen molar-refractivity contribution in [1.29, 1.82) is 0 Å². The van der Waals surface area contributed by atoms with Crippen molar-refractivity contribution in [2.45, 2.75) is 37.8 Å². The largest absolute Gasteiger partial charge is 0.464 e. The fraction of sp³-hybridized carbons (Fsp3) is 0.579. The number of H-pyrrole nitrogens is 1. The third-order valence-electron chi connectivity index (χ3n) is 4.38. The van der Waals surface area contributed by atoms with E-state index in [-0.39, 0.29) is 12.7 Å². The van der Waals surface area contributed by atoms with Gasteiger partial charge in [0.15, 0.2) is 0 Å². The van der Waals surface area contributed by atoms with Crippen LogP contribution in [0.3, 0.4) is 0 Å². The molecule has 3 rings (SSSR count). The van der Waals surface area contributed by atoms with E-state index in [1.165, 1.54) is 5.56 Å². The molecule has 0 aliphatic carbocycles. The number of nitrogens with one attached hydrogen (secondary N) is 1. The molecule has 2 aromatic rings. The highest BCUT2D eigenvalue weighted by Crippen LogP contribution is 2.32. The first-order chi connectivity index (χ1) is 12.6. The highest BCUT2D eigenvalue weighted by Gasteiger charge is 2.29. The maximum atomic E-state index is 9.95. The number of aromatic nitrogens is 1. The molecule has 3 unspecified atom stereocenters. The first kappa shape index (κ1) is 20.7. The van der Waals surface area contributed by atoms with Crippen LogP contribution in [0.15, 0.2) is 24.4 Å². The number of nitrogens with zero attached hydrogens (tertiary/aromatic N) is 1. The summed E-state index contributed by atoms with van der Waals surface area (Å²) in [6.45, 7) is 0.839. The number of fused-ring (bicyclic) bond motifs is 1. The zero-order valence-corrected chi connectivity index (χ0v) is 15.7. The predicted octanol–water partition coefficient (Wildman–Crippen LogP) is 1.12. The smallest absolute Gasteiger partial charge is 0.202 e. The Morgan fingerprint density at radius 2 is 2.04 bits per heavy atom. The molecule has 0 spiro atoms. The van der Waals surface area contributed by atoms with Crippen molar-refractivity contribution >= 4 is 10.9 Å². The number of ether oxygens (including phenoxy) is 2. The van der Waals surface area contributed by atoms with Crippen LogP contribution in [0.1, 0.15) is 18.4 Å². The summed E-state index contributed by atoms with van der Waals surface area (Å²) in [6.07, 6.45) is 2.35. The molecular formula is C19H30N2O5. The van der Waals surface area contributed by atoms with Gasteiger partial charge >= 0.3 is 0 Å². The van der Waals surface area contributed by atoms with Crippen LogP contribution in [-0.4, -0.2) is 78.1 Å². The van der Waals surface area contributed by atoms with E-state index in [4.69, 9.17) is 14.6 Å². The lowest BCUT2D eigenvalue weighted by atomic mass is 10.1. The van der Waals surface area contributed by atoms with E-state index in [9.17, 15) is 10.2 Å². The van der Waals surface area contributed by atoms with E-state index in [1.54, 1.807) is 0 Å². The van der Waals surface area contributed by atoms with Gasteiger partial charge in [-0.05, 0) is 38.2 Å². The molecule has 0 radical (unpaired) electrons. The average molecular weight is 366 g/mol. The molecule has 1 aromatic heterocycles. The lowest BCUT2D eigenvalue weighted by molar-refractivity contribution is -0.184. The summed E-state index contributed by atoms with van der Waals surface area (Å²) >= 11 is 0. The predicted molar refractivity (Wildman–Crippen MR) is 100 cm³/mol. The Morgan fingerprint density at radius 3 is 2.73 bits per heavy atom. The van der Waals surface area contributed by atoms with Crippen LogP contribution < -0.4 is 4.74 Å². The highest BCUT2D eigenvalue weighted by molar-refractivity contribution is 5.89. The van der Waals surface area contributed by atoms with E-state index in [0.29, 0.717) is 12.8 Å². The Bertz CT molecular complexity index is 673. The van der Waals surface area contributed by atoms with Crippen LogP contribution in [0.5, 0.6) is 5.75 Å². The highest BCUT2D eigenvalue weighted by atomic mass is 16.7. The zero-order valence-electron chi connectivity index (χ0n) is 15.7. The molecule has 146 valence electrons. The number of rotatable bonds is 6. The van der Waals surface area contributed by atoms with Crippen LogP contribution in [0.25, 0.3) is 10.9 Å². The second-order valence-corrected chi connectivity index (χ2v) is 6.66. The molecule has 26 heavy (non-hydrogen) atoms. The van der Waals surface area contributed by atoms with E-state index in [1.807, 2.05) is 24.4 Å². The Labute approximate surface area is 154 Å². The van der Waals surface area contributed by atoms with Crippen LogP contribution in [-0.2, 0) is 11.2 Å². The number of aliphatic hydroxyl groups excluding tert-OH is 3. The lowest BCUT2D eigenvalue weighted by Crippen LogP contribution is -2.40. The first-order valence-electron chi connectivity index (χ1n) is 8.86. The molecule has 7 nitrogen and oxygen atoms in total. The van der Waals surface area contributed by atoms with Crippen LogP contribution in [0, 0.1) is 0 Å². The van der Waals surface area contributed by atoms with Crippen molar-refractivity contribution in [3.63, 3.8) is 0 Å². The molecule has 0 saturated carbocycles. The van der Waals surface area contributed by atoms with Crippen molar-refractivity contribution in [1.82, 2.24) is 9.88 Å². The first-order valence-corrected chi connectivity index (χ1v) is 8.86. The molecule has 1 saturated heterocycles. The number of likely N-dealkylation sites (N-methyl/N-ethyl adjacent to an activating group) is 1. The summed E-state index contributed by atoms with van der Waals surface area (Å²) in [5.41, 5.74) is 2.22. The molecule has 7 heteroatoms. The summed E-state index contributed by atoms with van der Waals surface area (Å²) in [6, 6.07) is 5.88. The van der Waals surface area contributed by atoms with E-state index < -0.39 is 12.4 Å². The van der Waals surface area contributed by atoms with Gasteiger partial charge in [-0.25, -0.2) is 0 Å². The summed E-state index contributed by atoms with van der Waals surface area (Å²) in [7, 11) is 5.11. The Morgan fingerprint density at radius 1 is 1.27 bits per heavy atom. The molecule has 2 heterocycles. The molecule has 4 N–H and O–H groups in total. The van der Waals surface area contributed by atoms with E-state index >= 15 is 0 Å². The molecule has 0 bridgehead atoms. The quantitative estimate of drug-likeness (QED) is 0.612. The second-order valence-electron chi connectivity index (χ2n) is 6.66. The number of hydrogen-bond donors (Lipinski definition) is 4. The van der Waals surface area contributed by atoms with Crippen LogP contribution in [0.2, 0.25) is 0 Å². The molecule has 1 aromatic carbocycles. The average Bonchev–Trinajstić information content (AvgIpc) is 3.05. The standard InChI is InChI=1S/C18H26N2O4.CH4O/c1-20(2)7-6-12-10-19-15-4-3-5-16(18(12)15)24-17-9-13(22)8-14(11-21)23-17;1-2/h3-5,10,13-14,17,19,21-22H,6-9,11H2,1-2H3;2H,1H3. The molecule has 3 atom stereocenters. The Balaban J connectivity index is 0.00000117. The van der Waals surface area contributed by atoms with Gasteiger partial charge in [0.1, 0.15) is 5.75 Å². The van der Waals surface area contributed by atoms with Crippen molar-refractivity contribution in [2.75, 3.05) is 34.4 Å². The molecular weight excluding hydrogens is 336 g/mol. The molecule has 1 fully saturated rings. The van der Waals surface area contributed by atoms with Crippen molar-refractivity contribution in [3.05, 3.63) is 30.0 Å². The minimum atomic E-state index is -0.548. The van der Waals surface area contributed by atoms with E-state index in [0.717, 1.165) is 36.7 Å². The fourth-order valence-electron chi connectivity index (χ4n) is 3.14. The van der Waals surface area contributed by atoms with Gasteiger partial charge in [0.25, 0.3) is 0 Å². The van der Waals surface area contributed by atoms with Crippen LogP contribution >= 0.6 is 0 Å². The van der Waals surface area contributed by atoms with Gasteiger partial charge in [-0.3, -0.25) is 0 Å². The monoisotopic (exact) mass is 366 g/mol. The maximum Gasteiger partial charge on any atom is 0.202 e. The Kier molecular flexibility index (Phi) is 7.86. The van der Waals surface area contributed by atoms with Crippen LogP contribution in [0.4, 0.5) is 0 Å². The van der Waals surface area contributed by atoms with Crippen molar-refractivity contribution in [3.8, 4) is 5.75 Å². The molecule has 1 aliphatic heterocycles. The van der Waals surface area contributed by atoms with Crippen molar-refractivity contribution in [2.24, 2.45) is 0 Å². The van der Waals surface area contributed by atoms with Gasteiger partial charge in [-0.15, -0.1) is 0 Å². The summed E-state index contributed by atoms with van der Waals surface area (Å²) in [4.78, 5) is 5.44. The SMILES string of the molecule is CN(C)CCc1c[nH]c2cccc(OC3CC(O)CC(CO)O3)c12.CO. The number of benzene rings is 1. The van der Waals surface area contributed by atoms with E-state index in [2.05, 4.69) is 24.0 Å². The normalized spacial score (nSPS) is 23.0. The second kappa shape index (κ2) is 9.89. The molecule has 0 amide bonds. The van der Waals surface area contributed by atoms with Gasteiger partial charge in [0.2, 0.25) is 6.29 Å². The third kappa shape index (κ3) is 5.18. The summed E-state index contributed by atoms with van der Waals surface area (Å²) < 4.78 is 11.8. The van der Waals surface area contributed by atoms with Gasteiger partial charge in [0.05, 0.1) is 18.8 Å². The fourth-order valence-corrected chi connectivity index (χ4v) is 3.14.